The average Bonchev–Trinajstić information content (AvgIpc) is 2.46. The van der Waals surface area contributed by atoms with Crippen LogP contribution in [0.25, 0.3) is 0 Å². The molecule has 1 nitrogen and oxygen atoms in total. The van der Waals surface area contributed by atoms with Crippen molar-refractivity contribution < 1.29 is 0 Å². The third-order valence-electron chi connectivity index (χ3n) is 7.72. The molecule has 5 aliphatic rings. The molecule has 0 aromatic carbocycles. The molecule has 1 N–H and O–H groups in total. The zero-order valence-electron chi connectivity index (χ0n) is 14.2. The largest absolute Gasteiger partial charge is 0.314 e. The molecule has 0 aliphatic heterocycles. The Morgan fingerprint density at radius 1 is 0.857 bits per heavy atom. The summed E-state index contributed by atoms with van der Waals surface area (Å²) in [5.74, 6) is 7.44. The predicted molar refractivity (Wildman–Crippen MR) is 89.1 cm³/mol. The van der Waals surface area contributed by atoms with Crippen molar-refractivity contribution in [3.8, 4) is 0 Å². The van der Waals surface area contributed by atoms with Gasteiger partial charge in [0.1, 0.15) is 0 Å². The van der Waals surface area contributed by atoms with Crippen molar-refractivity contribution in [2.75, 3.05) is 6.54 Å². The van der Waals surface area contributed by atoms with Crippen molar-refractivity contribution in [3.05, 3.63) is 0 Å². The minimum absolute atomic E-state index is 0.859. The van der Waals surface area contributed by atoms with Gasteiger partial charge >= 0.3 is 0 Å². The van der Waals surface area contributed by atoms with Gasteiger partial charge in [-0.1, -0.05) is 26.7 Å². The molecule has 1 unspecified atom stereocenters. The van der Waals surface area contributed by atoms with E-state index in [0.717, 1.165) is 47.5 Å². The van der Waals surface area contributed by atoms with Crippen LogP contribution in [0.3, 0.4) is 0 Å². The molecule has 0 aromatic rings. The molecule has 5 saturated carbocycles. The van der Waals surface area contributed by atoms with Crippen LogP contribution in [0.4, 0.5) is 0 Å². The third kappa shape index (κ3) is 2.69. The number of nitrogens with one attached hydrogen (secondary N) is 1. The molecule has 1 heteroatoms. The highest BCUT2D eigenvalue weighted by Gasteiger charge is 2.51. The first-order valence-electron chi connectivity index (χ1n) is 9.98. The van der Waals surface area contributed by atoms with Crippen LogP contribution in [0.15, 0.2) is 0 Å². The maximum absolute atomic E-state index is 4.00. The fourth-order valence-electron chi connectivity index (χ4n) is 7.05. The lowest BCUT2D eigenvalue weighted by Gasteiger charge is -2.58. The van der Waals surface area contributed by atoms with Crippen molar-refractivity contribution in [1.29, 1.82) is 0 Å². The molecule has 0 heterocycles. The summed E-state index contributed by atoms with van der Waals surface area (Å²) in [5.41, 5.74) is 0. The highest BCUT2D eigenvalue weighted by molar-refractivity contribution is 5.03. The lowest BCUT2D eigenvalue weighted by atomic mass is 9.49. The average molecular weight is 290 g/mol. The normalized spacial score (nSPS) is 50.3. The predicted octanol–water partition coefficient (Wildman–Crippen LogP) is 4.86. The van der Waals surface area contributed by atoms with Gasteiger partial charge in [-0.15, -0.1) is 0 Å². The molecule has 5 aliphatic carbocycles. The maximum atomic E-state index is 4.00. The summed E-state index contributed by atoms with van der Waals surface area (Å²) in [6.45, 7) is 5.97. The summed E-state index contributed by atoms with van der Waals surface area (Å²) in [6.07, 6.45) is 13.9. The molecular weight excluding hydrogens is 254 g/mol. The van der Waals surface area contributed by atoms with Gasteiger partial charge in [-0.3, -0.25) is 0 Å². The molecule has 5 rings (SSSR count). The topological polar surface area (TPSA) is 12.0 Å². The number of hydrogen-bond acceptors (Lipinski definition) is 1. The molecule has 120 valence electrons. The highest BCUT2D eigenvalue weighted by atomic mass is 14.9. The van der Waals surface area contributed by atoms with E-state index in [1.165, 1.54) is 32.2 Å². The van der Waals surface area contributed by atoms with Gasteiger partial charge in [0.05, 0.1) is 0 Å². The van der Waals surface area contributed by atoms with Crippen LogP contribution in [0.2, 0.25) is 0 Å². The van der Waals surface area contributed by atoms with E-state index in [1.807, 2.05) is 0 Å². The second-order valence-corrected chi connectivity index (χ2v) is 9.11. The van der Waals surface area contributed by atoms with E-state index >= 15 is 0 Å². The van der Waals surface area contributed by atoms with Crippen molar-refractivity contribution >= 4 is 0 Å². The van der Waals surface area contributed by atoms with Crippen LogP contribution >= 0.6 is 0 Å². The summed E-state index contributed by atoms with van der Waals surface area (Å²) < 4.78 is 0. The van der Waals surface area contributed by atoms with E-state index < -0.39 is 0 Å². The highest BCUT2D eigenvalue weighted by Crippen LogP contribution is 2.58. The molecule has 4 bridgehead atoms. The fourth-order valence-corrected chi connectivity index (χ4v) is 7.05. The summed E-state index contributed by atoms with van der Waals surface area (Å²) in [4.78, 5) is 0. The second kappa shape index (κ2) is 5.87. The Bertz CT molecular complexity index is 327. The fraction of sp³-hybridized carbons (Fsp3) is 1.00. The first-order chi connectivity index (χ1) is 10.2. The van der Waals surface area contributed by atoms with Gasteiger partial charge in [0.2, 0.25) is 0 Å². The Balaban J connectivity index is 1.51. The van der Waals surface area contributed by atoms with Crippen LogP contribution in [-0.2, 0) is 0 Å². The van der Waals surface area contributed by atoms with Gasteiger partial charge in [-0.25, -0.2) is 0 Å². The summed E-state index contributed by atoms with van der Waals surface area (Å²) in [6, 6.07) is 0.859. The van der Waals surface area contributed by atoms with Crippen LogP contribution in [0, 0.1) is 41.4 Å². The van der Waals surface area contributed by atoms with Crippen molar-refractivity contribution in [3.63, 3.8) is 0 Å². The van der Waals surface area contributed by atoms with Gasteiger partial charge in [-0.2, -0.15) is 0 Å². The number of hydrogen-bond donors (Lipinski definition) is 1. The van der Waals surface area contributed by atoms with E-state index in [4.69, 9.17) is 0 Å². The van der Waals surface area contributed by atoms with Crippen molar-refractivity contribution in [2.24, 2.45) is 41.4 Å². The monoisotopic (exact) mass is 289 g/mol. The third-order valence-corrected chi connectivity index (χ3v) is 7.72. The van der Waals surface area contributed by atoms with Crippen LogP contribution in [0.1, 0.15) is 71.6 Å². The lowest BCUT2D eigenvalue weighted by molar-refractivity contribution is -0.0636. The van der Waals surface area contributed by atoms with E-state index in [-0.39, 0.29) is 0 Å². The Hall–Kier alpha value is -0.0400. The zero-order valence-corrected chi connectivity index (χ0v) is 14.2. The van der Waals surface area contributed by atoms with Gasteiger partial charge in [0, 0.05) is 6.04 Å². The summed E-state index contributed by atoms with van der Waals surface area (Å²) in [5, 5.41) is 4.00. The van der Waals surface area contributed by atoms with Crippen LogP contribution in [-0.4, -0.2) is 12.6 Å². The first kappa shape index (κ1) is 14.5. The van der Waals surface area contributed by atoms with Crippen molar-refractivity contribution in [1.82, 2.24) is 5.32 Å². The molecule has 0 saturated heterocycles. The van der Waals surface area contributed by atoms with Crippen molar-refractivity contribution in [2.45, 2.75) is 77.7 Å². The second-order valence-electron chi connectivity index (χ2n) is 9.11. The lowest BCUT2D eigenvalue weighted by Crippen LogP contribution is -2.55. The summed E-state index contributed by atoms with van der Waals surface area (Å²) in [7, 11) is 0. The van der Waals surface area contributed by atoms with E-state index in [0.29, 0.717) is 0 Å². The van der Waals surface area contributed by atoms with E-state index in [9.17, 15) is 0 Å². The number of rotatable bonds is 4. The summed E-state index contributed by atoms with van der Waals surface area (Å²) >= 11 is 0. The molecule has 0 aromatic heterocycles. The maximum Gasteiger partial charge on any atom is 0.0129 e. The van der Waals surface area contributed by atoms with E-state index in [2.05, 4.69) is 19.2 Å². The van der Waals surface area contributed by atoms with E-state index in [1.54, 1.807) is 32.1 Å². The van der Waals surface area contributed by atoms with Crippen LogP contribution in [0.5, 0.6) is 0 Å². The first-order valence-corrected chi connectivity index (χ1v) is 9.98. The minimum Gasteiger partial charge on any atom is -0.314 e. The molecule has 0 amide bonds. The van der Waals surface area contributed by atoms with Gasteiger partial charge in [-0.05, 0) is 92.9 Å². The van der Waals surface area contributed by atoms with Gasteiger partial charge < -0.3 is 5.32 Å². The standard InChI is InChI=1S/C20H35N/c1-3-21-20(16-6-4-13(2)5-7-16)19-17-9-14-8-15(11-17)12-18(19)10-14/h13-21H,3-12H2,1-2H3. The SMILES string of the molecule is CCNC(C1CCC(C)CC1)C1C2CC3CC(C2)CC1C3. The molecular formula is C20H35N. The molecule has 21 heavy (non-hydrogen) atoms. The van der Waals surface area contributed by atoms with Gasteiger partial charge in [0.25, 0.3) is 0 Å². The molecule has 0 radical (unpaired) electrons. The molecule has 0 spiro atoms. The Kier molecular flexibility index (Phi) is 4.07. The quantitative estimate of drug-likeness (QED) is 0.779. The Morgan fingerprint density at radius 2 is 1.43 bits per heavy atom. The molecule has 1 atom stereocenters. The van der Waals surface area contributed by atoms with Gasteiger partial charge in [0.15, 0.2) is 0 Å². The minimum atomic E-state index is 0.859. The smallest absolute Gasteiger partial charge is 0.0129 e. The molecule has 5 fully saturated rings. The Labute approximate surface area is 131 Å². The Morgan fingerprint density at radius 3 is 1.95 bits per heavy atom. The zero-order chi connectivity index (χ0) is 14.4. The van der Waals surface area contributed by atoms with Crippen LogP contribution < -0.4 is 5.32 Å².